The summed E-state index contributed by atoms with van der Waals surface area (Å²) in [5.74, 6) is 1.38. The highest BCUT2D eigenvalue weighted by Gasteiger charge is 1.98. The van der Waals surface area contributed by atoms with Gasteiger partial charge in [0.05, 0.1) is 12.7 Å². The molecule has 0 aliphatic heterocycles. The van der Waals surface area contributed by atoms with Crippen molar-refractivity contribution in [3.05, 3.63) is 35.3 Å². The molecule has 0 unspecified atom stereocenters. The van der Waals surface area contributed by atoms with Gasteiger partial charge in [-0.1, -0.05) is 16.8 Å². The van der Waals surface area contributed by atoms with Crippen LogP contribution in [0.15, 0.2) is 28.9 Å². The molecule has 0 aliphatic carbocycles. The van der Waals surface area contributed by atoms with Gasteiger partial charge < -0.3 is 9.84 Å². The van der Waals surface area contributed by atoms with Crippen molar-refractivity contribution in [2.24, 2.45) is 0 Å². The molecule has 0 aliphatic rings. The Morgan fingerprint density at radius 3 is 2.86 bits per heavy atom. The summed E-state index contributed by atoms with van der Waals surface area (Å²) in [6, 6.07) is 5.18. The van der Waals surface area contributed by atoms with Crippen LogP contribution in [0.25, 0.3) is 0 Å². The molecule has 6 heteroatoms. The van der Waals surface area contributed by atoms with Crippen molar-refractivity contribution < 1.29 is 4.52 Å². The maximum Gasteiger partial charge on any atom is 0.155 e. The van der Waals surface area contributed by atoms with Crippen LogP contribution in [-0.2, 0) is 6.54 Å². The fourth-order valence-corrected chi connectivity index (χ4v) is 1.02. The van der Waals surface area contributed by atoms with Crippen LogP contribution in [0.2, 0.25) is 5.15 Å². The second kappa shape index (κ2) is 4.06. The van der Waals surface area contributed by atoms with Gasteiger partial charge in [0.15, 0.2) is 10.9 Å². The van der Waals surface area contributed by atoms with Crippen LogP contribution in [0.1, 0.15) is 5.76 Å². The van der Waals surface area contributed by atoms with Gasteiger partial charge in [0.25, 0.3) is 0 Å². The summed E-state index contributed by atoms with van der Waals surface area (Å²) >= 11 is 5.58. The van der Waals surface area contributed by atoms with E-state index in [-0.39, 0.29) is 0 Å². The van der Waals surface area contributed by atoms with Crippen molar-refractivity contribution in [3.8, 4) is 0 Å². The molecule has 0 aromatic carbocycles. The molecule has 0 saturated heterocycles. The van der Waals surface area contributed by atoms with Crippen molar-refractivity contribution in [1.29, 1.82) is 0 Å². The van der Waals surface area contributed by atoms with Crippen molar-refractivity contribution in [2.75, 3.05) is 5.32 Å². The maximum absolute atomic E-state index is 5.58. The Bertz CT molecular complexity index is 386. The fraction of sp³-hybridized carbons (Fsp3) is 0.125. The van der Waals surface area contributed by atoms with Crippen molar-refractivity contribution in [3.63, 3.8) is 0 Å². The Morgan fingerprint density at radius 1 is 1.29 bits per heavy atom. The molecule has 5 nitrogen and oxygen atoms in total. The first kappa shape index (κ1) is 8.96. The van der Waals surface area contributed by atoms with Crippen LogP contribution in [-0.4, -0.2) is 15.4 Å². The molecular weight excluding hydrogens is 204 g/mol. The number of nitrogens with one attached hydrogen (secondary N) is 1. The molecule has 14 heavy (non-hydrogen) atoms. The molecule has 2 rings (SSSR count). The lowest BCUT2D eigenvalue weighted by Crippen LogP contribution is -2.00. The van der Waals surface area contributed by atoms with Crippen LogP contribution in [0, 0.1) is 0 Å². The number of halogens is 1. The smallest absolute Gasteiger partial charge is 0.155 e. The Morgan fingerprint density at radius 2 is 2.21 bits per heavy atom. The first-order valence-corrected chi connectivity index (χ1v) is 4.35. The zero-order valence-corrected chi connectivity index (χ0v) is 7.90. The molecule has 2 aromatic heterocycles. The normalized spacial score (nSPS) is 10.1. The van der Waals surface area contributed by atoms with E-state index in [1.54, 1.807) is 24.4 Å². The highest BCUT2D eigenvalue weighted by atomic mass is 35.5. The largest absolute Gasteiger partial charge is 0.361 e. The summed E-state index contributed by atoms with van der Waals surface area (Å²) in [6.45, 7) is 0.524. The summed E-state index contributed by atoms with van der Waals surface area (Å²) in [6.07, 6.45) is 1.59. The van der Waals surface area contributed by atoms with Crippen LogP contribution in [0.5, 0.6) is 0 Å². The SMILES string of the molecule is Clc1ccc(NCc2ccno2)nn1. The van der Waals surface area contributed by atoms with Gasteiger partial charge in [-0.15, -0.1) is 10.2 Å². The highest BCUT2D eigenvalue weighted by Crippen LogP contribution is 2.07. The minimum atomic E-state index is 0.371. The summed E-state index contributed by atoms with van der Waals surface area (Å²) in [4.78, 5) is 0. The second-order valence-electron chi connectivity index (χ2n) is 2.57. The topological polar surface area (TPSA) is 63.8 Å². The predicted molar refractivity (Wildman–Crippen MR) is 50.9 cm³/mol. The number of aromatic nitrogens is 3. The highest BCUT2D eigenvalue weighted by molar-refractivity contribution is 6.29. The monoisotopic (exact) mass is 210 g/mol. The minimum Gasteiger partial charge on any atom is -0.361 e. The van der Waals surface area contributed by atoms with Crippen molar-refractivity contribution >= 4 is 17.4 Å². The summed E-state index contributed by atoms with van der Waals surface area (Å²) in [5.41, 5.74) is 0. The lowest BCUT2D eigenvalue weighted by Gasteiger charge is -2.00. The first-order chi connectivity index (χ1) is 6.84. The number of anilines is 1. The molecule has 0 spiro atoms. The predicted octanol–water partition coefficient (Wildman–Crippen LogP) is 1.73. The zero-order valence-electron chi connectivity index (χ0n) is 7.14. The molecule has 2 aromatic rings. The second-order valence-corrected chi connectivity index (χ2v) is 2.96. The van der Waals surface area contributed by atoms with Gasteiger partial charge in [-0.2, -0.15) is 0 Å². The molecule has 2 heterocycles. The Kier molecular flexibility index (Phi) is 2.60. The van der Waals surface area contributed by atoms with E-state index in [9.17, 15) is 0 Å². The summed E-state index contributed by atoms with van der Waals surface area (Å²) in [5, 5.41) is 14.5. The Balaban J connectivity index is 1.95. The Hall–Kier alpha value is -1.62. The third-order valence-electron chi connectivity index (χ3n) is 1.57. The average molecular weight is 211 g/mol. The van der Waals surface area contributed by atoms with Crippen molar-refractivity contribution in [2.45, 2.75) is 6.54 Å². The summed E-state index contributed by atoms with van der Waals surface area (Å²) in [7, 11) is 0. The molecule has 0 fully saturated rings. The molecule has 0 atom stereocenters. The van der Waals surface area contributed by atoms with E-state index in [2.05, 4.69) is 20.7 Å². The zero-order chi connectivity index (χ0) is 9.80. The minimum absolute atomic E-state index is 0.371. The number of hydrogen-bond acceptors (Lipinski definition) is 5. The molecular formula is C8H7ClN4O. The third-order valence-corrected chi connectivity index (χ3v) is 1.77. The molecule has 0 bridgehead atoms. The number of hydrogen-bond donors (Lipinski definition) is 1. The Labute approximate surface area is 85.1 Å². The van der Waals surface area contributed by atoms with Gasteiger partial charge in [0, 0.05) is 6.07 Å². The number of nitrogens with zero attached hydrogens (tertiary/aromatic N) is 3. The number of rotatable bonds is 3. The maximum atomic E-state index is 5.58. The lowest BCUT2D eigenvalue weighted by molar-refractivity contribution is 0.388. The van der Waals surface area contributed by atoms with Gasteiger partial charge in [-0.3, -0.25) is 0 Å². The van der Waals surface area contributed by atoms with E-state index < -0.39 is 0 Å². The molecule has 1 N–H and O–H groups in total. The first-order valence-electron chi connectivity index (χ1n) is 3.97. The van der Waals surface area contributed by atoms with Gasteiger partial charge >= 0.3 is 0 Å². The van der Waals surface area contributed by atoms with Gasteiger partial charge in [0.2, 0.25) is 0 Å². The average Bonchev–Trinajstić information content (AvgIpc) is 2.70. The summed E-state index contributed by atoms with van der Waals surface area (Å²) < 4.78 is 4.89. The van der Waals surface area contributed by atoms with Crippen LogP contribution >= 0.6 is 11.6 Å². The van der Waals surface area contributed by atoms with E-state index in [1.165, 1.54) is 0 Å². The molecule has 0 saturated carbocycles. The quantitative estimate of drug-likeness (QED) is 0.836. The van der Waals surface area contributed by atoms with Crippen molar-refractivity contribution in [1.82, 2.24) is 15.4 Å². The third kappa shape index (κ3) is 2.20. The fourth-order valence-electron chi connectivity index (χ4n) is 0.921. The van der Waals surface area contributed by atoms with E-state index in [1.807, 2.05) is 0 Å². The van der Waals surface area contributed by atoms with Gasteiger partial charge in [-0.25, -0.2) is 0 Å². The van der Waals surface area contributed by atoms with E-state index in [0.717, 1.165) is 5.76 Å². The lowest BCUT2D eigenvalue weighted by atomic mass is 10.4. The van der Waals surface area contributed by atoms with Crippen LogP contribution < -0.4 is 5.32 Å². The van der Waals surface area contributed by atoms with E-state index in [4.69, 9.17) is 16.1 Å². The van der Waals surface area contributed by atoms with E-state index in [0.29, 0.717) is 17.5 Å². The van der Waals surface area contributed by atoms with E-state index >= 15 is 0 Å². The molecule has 0 radical (unpaired) electrons. The van der Waals surface area contributed by atoms with Crippen LogP contribution in [0.4, 0.5) is 5.82 Å². The molecule has 0 amide bonds. The van der Waals surface area contributed by atoms with Gasteiger partial charge in [0.1, 0.15) is 5.82 Å². The van der Waals surface area contributed by atoms with Crippen LogP contribution in [0.3, 0.4) is 0 Å². The molecule has 72 valence electrons. The standard InChI is InChI=1S/C8H7ClN4O/c9-7-1-2-8(13-12-7)10-5-6-3-4-11-14-6/h1-4H,5H2,(H,10,13). The van der Waals surface area contributed by atoms with Gasteiger partial charge in [-0.05, 0) is 12.1 Å².